The molecule has 0 radical (unpaired) electrons. The lowest BCUT2D eigenvalue weighted by atomic mass is 9.81. The minimum absolute atomic E-state index is 0.00658. The summed E-state index contributed by atoms with van der Waals surface area (Å²) in [6, 6.07) is 14.0. The molecule has 2 N–H and O–H groups in total. The molecule has 1 aliphatic heterocycles. The van der Waals surface area contributed by atoms with E-state index in [4.69, 9.17) is 4.74 Å². The van der Waals surface area contributed by atoms with Crippen LogP contribution in [0.25, 0.3) is 0 Å². The van der Waals surface area contributed by atoms with E-state index in [-0.39, 0.29) is 11.9 Å². The van der Waals surface area contributed by atoms with Crippen molar-refractivity contribution in [2.75, 3.05) is 13.2 Å². The van der Waals surface area contributed by atoms with Crippen molar-refractivity contribution in [2.45, 2.75) is 71.3 Å². The molecule has 3 rings (SSSR count). The summed E-state index contributed by atoms with van der Waals surface area (Å²) in [5, 5.41) is 6.71. The molecule has 0 aromatic heterocycles. The maximum Gasteiger partial charge on any atom is 0.416 e. The Morgan fingerprint density at radius 1 is 1.18 bits per heavy atom. The number of carbonyl (C=O) groups excluding carboxylic acids is 1. The second kappa shape index (κ2) is 10.1. The number of rotatable bonds is 6. The first-order valence-corrected chi connectivity index (χ1v) is 11.7. The van der Waals surface area contributed by atoms with E-state index < -0.39 is 28.8 Å². The third kappa shape index (κ3) is 6.39. The van der Waals surface area contributed by atoms with Gasteiger partial charge in [-0.25, -0.2) is 0 Å². The van der Waals surface area contributed by atoms with E-state index in [2.05, 4.69) is 10.6 Å². The van der Waals surface area contributed by atoms with Crippen LogP contribution in [0, 0.1) is 12.3 Å². The maximum atomic E-state index is 13.3. The van der Waals surface area contributed by atoms with E-state index >= 15 is 0 Å². The summed E-state index contributed by atoms with van der Waals surface area (Å²) in [5.41, 5.74) is 0.491. The van der Waals surface area contributed by atoms with Gasteiger partial charge in [-0.1, -0.05) is 62.7 Å². The average molecular weight is 477 g/mol. The van der Waals surface area contributed by atoms with Gasteiger partial charge < -0.3 is 15.4 Å². The van der Waals surface area contributed by atoms with Gasteiger partial charge in [-0.05, 0) is 49.9 Å². The van der Waals surface area contributed by atoms with E-state index in [1.807, 2.05) is 51.1 Å². The molecule has 0 aliphatic carbocycles. The van der Waals surface area contributed by atoms with Crippen molar-refractivity contribution in [3.63, 3.8) is 0 Å². The first-order chi connectivity index (χ1) is 15.8. The van der Waals surface area contributed by atoms with E-state index in [1.165, 1.54) is 6.07 Å². The third-order valence-corrected chi connectivity index (χ3v) is 6.43. The first kappa shape index (κ1) is 26.2. The lowest BCUT2D eigenvalue weighted by Crippen LogP contribution is -2.58. The second-order valence-electron chi connectivity index (χ2n) is 10.4. The zero-order valence-electron chi connectivity index (χ0n) is 20.6. The number of nitrogens with one attached hydrogen (secondary N) is 2. The average Bonchev–Trinajstić information content (AvgIpc) is 2.77. The summed E-state index contributed by atoms with van der Waals surface area (Å²) in [5.74, 6) is 0.0105. The summed E-state index contributed by atoms with van der Waals surface area (Å²) >= 11 is 0. The molecule has 0 unspecified atom stereocenters. The van der Waals surface area contributed by atoms with Crippen LogP contribution in [-0.4, -0.2) is 25.1 Å². The molecule has 186 valence electrons. The monoisotopic (exact) mass is 476 g/mol. The fourth-order valence-electron chi connectivity index (χ4n) is 4.24. The lowest BCUT2D eigenvalue weighted by Gasteiger charge is -2.42. The largest absolute Gasteiger partial charge is 0.416 e. The first-order valence-electron chi connectivity index (χ1n) is 11.7. The Bertz CT molecular complexity index is 976. The van der Waals surface area contributed by atoms with Crippen molar-refractivity contribution < 1.29 is 22.7 Å². The summed E-state index contributed by atoms with van der Waals surface area (Å²) in [4.78, 5) is 12.4. The summed E-state index contributed by atoms with van der Waals surface area (Å²) in [6.07, 6.45) is -3.42. The van der Waals surface area contributed by atoms with Crippen LogP contribution in [0.5, 0.6) is 0 Å². The predicted molar refractivity (Wildman–Crippen MR) is 127 cm³/mol. The van der Waals surface area contributed by atoms with Crippen molar-refractivity contribution in [3.8, 4) is 0 Å². The third-order valence-electron chi connectivity index (χ3n) is 6.43. The molecule has 1 heterocycles. The molecule has 1 aliphatic rings. The maximum absolute atomic E-state index is 13.3. The number of piperidine rings is 1. The summed E-state index contributed by atoms with van der Waals surface area (Å²) < 4.78 is 46.1. The molecule has 7 heteroatoms. The van der Waals surface area contributed by atoms with Gasteiger partial charge in [0.25, 0.3) is 0 Å². The smallest absolute Gasteiger partial charge is 0.372 e. The van der Waals surface area contributed by atoms with Gasteiger partial charge in [0.05, 0.1) is 23.8 Å². The van der Waals surface area contributed by atoms with Crippen LogP contribution >= 0.6 is 0 Å². The van der Waals surface area contributed by atoms with E-state index in [1.54, 1.807) is 19.9 Å². The lowest BCUT2D eigenvalue weighted by molar-refractivity contribution is -0.137. The molecular formula is C27H35F3N2O2. The zero-order valence-corrected chi connectivity index (χ0v) is 20.6. The van der Waals surface area contributed by atoms with E-state index in [9.17, 15) is 18.0 Å². The minimum Gasteiger partial charge on any atom is -0.372 e. The molecule has 2 aromatic rings. The highest BCUT2D eigenvalue weighted by Gasteiger charge is 2.38. The predicted octanol–water partition coefficient (Wildman–Crippen LogP) is 5.90. The number of halogens is 3. The molecule has 0 spiro atoms. The molecule has 0 bridgehead atoms. The van der Waals surface area contributed by atoms with Crippen LogP contribution < -0.4 is 10.6 Å². The number of alkyl halides is 3. The molecule has 4 nitrogen and oxygen atoms in total. The number of hydrogen-bond donors (Lipinski definition) is 2. The Balaban J connectivity index is 1.75. The number of ether oxygens (including phenoxy) is 1. The zero-order chi connectivity index (χ0) is 25.1. The Kier molecular flexibility index (Phi) is 7.78. The molecule has 34 heavy (non-hydrogen) atoms. The van der Waals surface area contributed by atoms with Crippen molar-refractivity contribution in [1.82, 2.24) is 10.6 Å². The quantitative estimate of drug-likeness (QED) is 0.546. The van der Waals surface area contributed by atoms with Gasteiger partial charge in [-0.3, -0.25) is 4.79 Å². The highest BCUT2D eigenvalue weighted by molar-refractivity contribution is 5.81. The van der Waals surface area contributed by atoms with Gasteiger partial charge in [0.1, 0.15) is 0 Å². The van der Waals surface area contributed by atoms with Crippen LogP contribution in [0.2, 0.25) is 0 Å². The number of hydrogen-bond acceptors (Lipinski definition) is 3. The van der Waals surface area contributed by atoms with Gasteiger partial charge in [-0.15, -0.1) is 0 Å². The van der Waals surface area contributed by atoms with Gasteiger partial charge in [0.15, 0.2) is 0 Å². The normalized spacial score (nSPS) is 22.3. The molecule has 1 saturated heterocycles. The minimum atomic E-state index is -4.40. The molecule has 3 atom stereocenters. The van der Waals surface area contributed by atoms with Crippen molar-refractivity contribution in [1.29, 1.82) is 0 Å². The second-order valence-corrected chi connectivity index (χ2v) is 10.4. The highest BCUT2D eigenvalue weighted by atomic mass is 19.4. The Morgan fingerprint density at radius 2 is 1.85 bits per heavy atom. The molecule has 2 aromatic carbocycles. The topological polar surface area (TPSA) is 50.4 Å². The molecule has 1 amide bonds. The fourth-order valence-corrected chi connectivity index (χ4v) is 4.24. The summed E-state index contributed by atoms with van der Waals surface area (Å²) in [7, 11) is 0. The Hall–Kier alpha value is -2.38. The van der Waals surface area contributed by atoms with Crippen LogP contribution in [0.1, 0.15) is 68.9 Å². The van der Waals surface area contributed by atoms with Crippen molar-refractivity contribution in [3.05, 3.63) is 70.8 Å². The number of benzene rings is 2. The van der Waals surface area contributed by atoms with Crippen molar-refractivity contribution in [2.24, 2.45) is 5.41 Å². The fraction of sp³-hybridized carbons (Fsp3) is 0.519. The van der Waals surface area contributed by atoms with Crippen LogP contribution in [0.3, 0.4) is 0 Å². The van der Waals surface area contributed by atoms with Crippen LogP contribution in [-0.2, 0) is 21.2 Å². The van der Waals surface area contributed by atoms with Gasteiger partial charge >= 0.3 is 6.18 Å². The van der Waals surface area contributed by atoms with E-state index in [0.29, 0.717) is 24.3 Å². The summed E-state index contributed by atoms with van der Waals surface area (Å²) in [6.45, 7) is 9.98. The SMILES string of the molecule is Cc1cc([C@@H](C)OC[C@@]2(c3ccccc3)CC[C@H](NC(=O)C(C)(C)C)CN2)cc(C(F)(F)F)c1. The standard InChI is InChI=1S/C27H35F3N2O2/c1-18-13-20(15-22(14-18)27(28,29)30)19(2)34-17-26(21-9-7-6-8-10-21)12-11-23(16-31-26)32-24(33)25(3,4)5/h6-10,13-15,19,23,31H,11-12,16-17H2,1-5H3,(H,32,33)/t19-,23+,26-/m1/s1. The molecular weight excluding hydrogens is 441 g/mol. The van der Waals surface area contributed by atoms with Crippen LogP contribution in [0.15, 0.2) is 48.5 Å². The van der Waals surface area contributed by atoms with Crippen molar-refractivity contribution >= 4 is 5.91 Å². The Labute approximate surface area is 200 Å². The molecule has 1 fully saturated rings. The molecule has 0 saturated carbocycles. The van der Waals surface area contributed by atoms with Gasteiger partial charge in [0, 0.05) is 18.0 Å². The number of aryl methyl sites for hydroxylation is 1. The van der Waals surface area contributed by atoms with E-state index in [0.717, 1.165) is 24.5 Å². The van der Waals surface area contributed by atoms with Gasteiger partial charge in [0.2, 0.25) is 5.91 Å². The Morgan fingerprint density at radius 3 is 2.41 bits per heavy atom. The number of carbonyl (C=O) groups is 1. The number of amides is 1. The van der Waals surface area contributed by atoms with Crippen LogP contribution in [0.4, 0.5) is 13.2 Å². The van der Waals surface area contributed by atoms with Gasteiger partial charge in [-0.2, -0.15) is 13.2 Å². The highest BCUT2D eigenvalue weighted by Crippen LogP contribution is 2.35.